The van der Waals surface area contributed by atoms with Gasteiger partial charge in [0.2, 0.25) is 11.8 Å². The van der Waals surface area contributed by atoms with E-state index in [1.165, 1.54) is 18.2 Å². The van der Waals surface area contributed by atoms with E-state index < -0.39 is 0 Å². The van der Waals surface area contributed by atoms with Crippen molar-refractivity contribution in [2.24, 2.45) is 0 Å². The lowest BCUT2D eigenvalue weighted by Crippen LogP contribution is -2.40. The van der Waals surface area contributed by atoms with E-state index in [0.29, 0.717) is 24.9 Å². The van der Waals surface area contributed by atoms with E-state index in [1.54, 1.807) is 0 Å². The van der Waals surface area contributed by atoms with Crippen LogP contribution < -0.4 is 4.90 Å². The van der Waals surface area contributed by atoms with Crippen LogP contribution in [0.3, 0.4) is 0 Å². The van der Waals surface area contributed by atoms with Crippen molar-refractivity contribution in [3.05, 3.63) is 29.3 Å². The van der Waals surface area contributed by atoms with Crippen molar-refractivity contribution < 1.29 is 9.59 Å². The van der Waals surface area contributed by atoms with Crippen LogP contribution in [0.1, 0.15) is 30.4 Å². The number of imide groups is 1. The molecule has 0 N–H and O–H groups in total. The summed E-state index contributed by atoms with van der Waals surface area (Å²) in [4.78, 5) is 24.5. The van der Waals surface area contributed by atoms with Gasteiger partial charge in [0, 0.05) is 12.8 Å². The zero-order chi connectivity index (χ0) is 13.1. The normalized spacial score (nSPS) is 15.1. The summed E-state index contributed by atoms with van der Waals surface area (Å²) < 4.78 is 0. The summed E-state index contributed by atoms with van der Waals surface area (Å²) in [6.45, 7) is 0. The first kappa shape index (κ1) is 11.8. The molecule has 1 aliphatic rings. The molecular formula is C13H9N3O2. The molecule has 5 nitrogen and oxygen atoms in total. The van der Waals surface area contributed by atoms with Gasteiger partial charge in [0.1, 0.15) is 12.1 Å². The zero-order valence-electron chi connectivity index (χ0n) is 9.51. The first-order chi connectivity index (χ1) is 8.67. The smallest absolute Gasteiger partial charge is 0.233 e. The number of nitrogens with zero attached hydrogens (tertiary/aromatic N) is 3. The minimum absolute atomic E-state index is 0.168. The molecule has 1 fully saturated rings. The van der Waals surface area contributed by atoms with E-state index in [4.69, 9.17) is 10.5 Å². The average Bonchev–Trinajstić information content (AvgIpc) is 2.38. The Labute approximate surface area is 104 Å². The molecule has 1 saturated heterocycles. The molecule has 18 heavy (non-hydrogen) atoms. The largest absolute Gasteiger partial charge is 0.274 e. The lowest BCUT2D eigenvalue weighted by molar-refractivity contribution is -0.129. The molecule has 1 aromatic carbocycles. The summed E-state index contributed by atoms with van der Waals surface area (Å²) in [5, 5.41) is 17.7. The highest BCUT2D eigenvalue weighted by Gasteiger charge is 2.27. The minimum Gasteiger partial charge on any atom is -0.274 e. The van der Waals surface area contributed by atoms with Crippen molar-refractivity contribution in [3.8, 4) is 12.1 Å². The highest BCUT2D eigenvalue weighted by Crippen LogP contribution is 2.24. The fourth-order valence-corrected chi connectivity index (χ4v) is 1.90. The number of carbonyl (C=O) groups excluding carboxylic acids is 2. The molecule has 0 aliphatic carbocycles. The van der Waals surface area contributed by atoms with Crippen molar-refractivity contribution >= 4 is 17.5 Å². The van der Waals surface area contributed by atoms with Gasteiger partial charge < -0.3 is 0 Å². The maximum atomic E-state index is 11.7. The summed E-state index contributed by atoms with van der Waals surface area (Å²) in [6, 6.07) is 8.14. The lowest BCUT2D eigenvalue weighted by Gasteiger charge is -2.24. The van der Waals surface area contributed by atoms with Gasteiger partial charge in [-0.2, -0.15) is 10.5 Å². The molecule has 1 aliphatic heterocycles. The zero-order valence-corrected chi connectivity index (χ0v) is 9.51. The number of benzene rings is 1. The number of rotatable bonds is 1. The van der Waals surface area contributed by atoms with E-state index in [2.05, 4.69) is 0 Å². The average molecular weight is 239 g/mol. The summed E-state index contributed by atoms with van der Waals surface area (Å²) >= 11 is 0. The standard InChI is InChI=1S/C13H9N3O2/c14-7-9-4-5-11(6-10(9)8-15)16-12(17)2-1-3-13(16)18/h4-6H,1-3H2. The number of anilines is 1. The van der Waals surface area contributed by atoms with Gasteiger partial charge in [-0.1, -0.05) is 0 Å². The number of hydrogen-bond donors (Lipinski definition) is 0. The quantitative estimate of drug-likeness (QED) is 0.694. The van der Waals surface area contributed by atoms with Crippen LogP contribution in [-0.4, -0.2) is 11.8 Å². The summed E-state index contributed by atoms with van der Waals surface area (Å²) in [7, 11) is 0. The Morgan fingerprint density at radius 3 is 2.17 bits per heavy atom. The predicted molar refractivity (Wildman–Crippen MR) is 62.2 cm³/mol. The highest BCUT2D eigenvalue weighted by molar-refractivity contribution is 6.16. The van der Waals surface area contributed by atoms with Crippen LogP contribution in [0.5, 0.6) is 0 Å². The van der Waals surface area contributed by atoms with Crippen molar-refractivity contribution in [2.75, 3.05) is 4.90 Å². The molecule has 0 radical (unpaired) electrons. The second-order valence-corrected chi connectivity index (χ2v) is 3.93. The Balaban J connectivity index is 2.46. The summed E-state index contributed by atoms with van der Waals surface area (Å²) in [5.74, 6) is -0.528. The Morgan fingerprint density at radius 2 is 1.61 bits per heavy atom. The first-order valence-electron chi connectivity index (χ1n) is 5.47. The Morgan fingerprint density at radius 1 is 1.00 bits per heavy atom. The molecule has 0 saturated carbocycles. The molecule has 1 heterocycles. The topological polar surface area (TPSA) is 85.0 Å². The maximum absolute atomic E-state index is 11.7. The molecule has 0 atom stereocenters. The summed E-state index contributed by atoms with van der Waals surface area (Å²) in [6.07, 6.45) is 1.22. The van der Waals surface area contributed by atoms with E-state index in [0.717, 1.165) is 4.90 Å². The third-order valence-corrected chi connectivity index (χ3v) is 2.78. The van der Waals surface area contributed by atoms with Crippen LogP contribution in [0.15, 0.2) is 18.2 Å². The third kappa shape index (κ3) is 1.94. The second kappa shape index (κ2) is 4.68. The van der Waals surface area contributed by atoms with Gasteiger partial charge in [0.05, 0.1) is 16.8 Å². The molecule has 1 aromatic rings. The third-order valence-electron chi connectivity index (χ3n) is 2.78. The van der Waals surface area contributed by atoms with Gasteiger partial charge in [-0.05, 0) is 24.6 Å². The van der Waals surface area contributed by atoms with Gasteiger partial charge in [-0.25, -0.2) is 0 Å². The van der Waals surface area contributed by atoms with E-state index in [-0.39, 0.29) is 22.9 Å². The summed E-state index contributed by atoms with van der Waals surface area (Å²) in [5.41, 5.74) is 0.764. The molecule has 0 unspecified atom stereocenters. The first-order valence-corrected chi connectivity index (χ1v) is 5.47. The monoisotopic (exact) mass is 239 g/mol. The van der Waals surface area contributed by atoms with Gasteiger partial charge in [-0.15, -0.1) is 0 Å². The number of carbonyl (C=O) groups is 2. The SMILES string of the molecule is N#Cc1ccc(N2C(=O)CCCC2=O)cc1C#N. The van der Waals surface area contributed by atoms with Crippen molar-refractivity contribution in [2.45, 2.75) is 19.3 Å². The fraction of sp³-hybridized carbons (Fsp3) is 0.231. The van der Waals surface area contributed by atoms with Crippen LogP contribution in [0.25, 0.3) is 0 Å². The number of piperidine rings is 1. The minimum atomic E-state index is -0.264. The van der Waals surface area contributed by atoms with Crippen LogP contribution in [0.4, 0.5) is 5.69 Å². The van der Waals surface area contributed by atoms with E-state index in [9.17, 15) is 9.59 Å². The van der Waals surface area contributed by atoms with Gasteiger partial charge in [-0.3, -0.25) is 14.5 Å². The van der Waals surface area contributed by atoms with Crippen LogP contribution >= 0.6 is 0 Å². The number of amides is 2. The predicted octanol–water partition coefficient (Wildman–Crippen LogP) is 1.47. The van der Waals surface area contributed by atoms with Crippen molar-refractivity contribution in [1.82, 2.24) is 0 Å². The van der Waals surface area contributed by atoms with Gasteiger partial charge >= 0.3 is 0 Å². The lowest BCUT2D eigenvalue weighted by atomic mass is 10.1. The second-order valence-electron chi connectivity index (χ2n) is 3.93. The molecule has 2 rings (SSSR count). The Kier molecular flexibility index (Phi) is 3.07. The molecule has 88 valence electrons. The molecule has 0 spiro atoms. The molecule has 5 heteroatoms. The van der Waals surface area contributed by atoms with Gasteiger partial charge in [0.15, 0.2) is 0 Å². The Hall–Kier alpha value is -2.66. The van der Waals surface area contributed by atoms with Crippen molar-refractivity contribution in [1.29, 1.82) is 10.5 Å². The van der Waals surface area contributed by atoms with E-state index in [1.807, 2.05) is 12.1 Å². The molecular weight excluding hydrogens is 230 g/mol. The van der Waals surface area contributed by atoms with Gasteiger partial charge in [0.25, 0.3) is 0 Å². The number of hydrogen-bond acceptors (Lipinski definition) is 4. The molecule has 2 amide bonds. The number of nitriles is 2. The Bertz CT molecular complexity index is 592. The van der Waals surface area contributed by atoms with E-state index >= 15 is 0 Å². The highest BCUT2D eigenvalue weighted by atomic mass is 16.2. The van der Waals surface area contributed by atoms with Crippen LogP contribution in [0, 0.1) is 22.7 Å². The van der Waals surface area contributed by atoms with Crippen molar-refractivity contribution in [3.63, 3.8) is 0 Å². The molecule has 0 bridgehead atoms. The maximum Gasteiger partial charge on any atom is 0.233 e. The van der Waals surface area contributed by atoms with Crippen LogP contribution in [-0.2, 0) is 9.59 Å². The molecule has 0 aromatic heterocycles. The van der Waals surface area contributed by atoms with Crippen LogP contribution in [0.2, 0.25) is 0 Å². The fourth-order valence-electron chi connectivity index (χ4n) is 1.90.